The van der Waals surface area contributed by atoms with Gasteiger partial charge in [-0.15, -0.1) is 0 Å². The third-order valence-electron chi connectivity index (χ3n) is 3.31. The van der Waals surface area contributed by atoms with Crippen LogP contribution in [-0.4, -0.2) is 37.0 Å². The molecule has 0 aliphatic heterocycles. The van der Waals surface area contributed by atoms with Gasteiger partial charge in [-0.1, -0.05) is 17.3 Å². The predicted molar refractivity (Wildman–Crippen MR) is 85.1 cm³/mol. The Morgan fingerprint density at radius 2 is 2.12 bits per heavy atom. The first-order chi connectivity index (χ1) is 11.5. The van der Waals surface area contributed by atoms with Gasteiger partial charge in [0.15, 0.2) is 17.3 Å². The summed E-state index contributed by atoms with van der Waals surface area (Å²) >= 11 is 0. The SMILES string of the molecule is CNC(C)Cc1noc(/C=C/c2cccc(OC)c2OC(F)F)n1. The van der Waals surface area contributed by atoms with Crippen molar-refractivity contribution in [2.45, 2.75) is 26.0 Å². The van der Waals surface area contributed by atoms with Crippen molar-refractivity contribution in [3.63, 3.8) is 0 Å². The summed E-state index contributed by atoms with van der Waals surface area (Å²) in [6.45, 7) is -0.956. The maximum atomic E-state index is 12.6. The molecule has 0 saturated carbocycles. The number of benzene rings is 1. The molecule has 2 aromatic rings. The van der Waals surface area contributed by atoms with Crippen LogP contribution in [0.4, 0.5) is 8.78 Å². The highest BCUT2D eigenvalue weighted by molar-refractivity contribution is 5.72. The van der Waals surface area contributed by atoms with Gasteiger partial charge in [0.05, 0.1) is 7.11 Å². The molecule has 0 amide bonds. The van der Waals surface area contributed by atoms with Gasteiger partial charge in [0.2, 0.25) is 0 Å². The molecule has 24 heavy (non-hydrogen) atoms. The summed E-state index contributed by atoms with van der Waals surface area (Å²) in [5.74, 6) is 1.01. The maximum Gasteiger partial charge on any atom is 0.387 e. The van der Waals surface area contributed by atoms with Gasteiger partial charge in [-0.3, -0.25) is 0 Å². The van der Waals surface area contributed by atoms with E-state index in [0.717, 1.165) is 0 Å². The Morgan fingerprint density at radius 3 is 2.79 bits per heavy atom. The lowest BCUT2D eigenvalue weighted by molar-refractivity contribution is -0.0513. The van der Waals surface area contributed by atoms with Crippen LogP contribution in [0.1, 0.15) is 24.2 Å². The summed E-state index contributed by atoms with van der Waals surface area (Å²) < 4.78 is 39.9. The number of ether oxygens (including phenoxy) is 2. The Morgan fingerprint density at radius 1 is 1.33 bits per heavy atom. The molecular weight excluding hydrogens is 320 g/mol. The van der Waals surface area contributed by atoms with Crippen LogP contribution in [0, 0.1) is 0 Å². The molecule has 130 valence electrons. The minimum Gasteiger partial charge on any atom is -0.493 e. The van der Waals surface area contributed by atoms with Gasteiger partial charge in [0.25, 0.3) is 5.89 Å². The molecule has 1 aromatic heterocycles. The molecule has 6 nitrogen and oxygen atoms in total. The molecule has 1 unspecified atom stereocenters. The third-order valence-corrected chi connectivity index (χ3v) is 3.31. The van der Waals surface area contributed by atoms with Crippen LogP contribution in [-0.2, 0) is 6.42 Å². The van der Waals surface area contributed by atoms with Crippen molar-refractivity contribution >= 4 is 12.2 Å². The topological polar surface area (TPSA) is 69.4 Å². The van der Waals surface area contributed by atoms with Crippen molar-refractivity contribution in [3.05, 3.63) is 35.5 Å². The van der Waals surface area contributed by atoms with Crippen LogP contribution < -0.4 is 14.8 Å². The Bertz CT molecular complexity index is 689. The van der Waals surface area contributed by atoms with Gasteiger partial charge in [0.1, 0.15) is 0 Å². The van der Waals surface area contributed by atoms with E-state index in [1.807, 2.05) is 14.0 Å². The first kappa shape index (κ1) is 17.9. The molecule has 0 spiro atoms. The molecule has 8 heteroatoms. The van der Waals surface area contributed by atoms with E-state index in [0.29, 0.717) is 17.8 Å². The normalized spacial score (nSPS) is 12.8. The lowest BCUT2D eigenvalue weighted by atomic mass is 10.1. The zero-order chi connectivity index (χ0) is 17.5. The maximum absolute atomic E-state index is 12.6. The van der Waals surface area contributed by atoms with Gasteiger partial charge in [-0.25, -0.2) is 0 Å². The highest BCUT2D eigenvalue weighted by Crippen LogP contribution is 2.33. The Hall–Kier alpha value is -2.48. The number of aromatic nitrogens is 2. The standard InChI is InChI=1S/C16H19F2N3O3/c1-10(19-2)9-13-20-14(24-21-13)8-7-11-5-4-6-12(22-3)15(11)23-16(17)18/h4-8,10,16,19H,9H2,1-3H3/b8-7+. The second kappa shape index (κ2) is 8.39. The molecule has 1 N–H and O–H groups in total. The van der Waals surface area contributed by atoms with Gasteiger partial charge in [0, 0.05) is 24.1 Å². The number of nitrogens with one attached hydrogen (secondary N) is 1. The van der Waals surface area contributed by atoms with Crippen molar-refractivity contribution in [2.24, 2.45) is 0 Å². The Balaban J connectivity index is 2.19. The summed E-state index contributed by atoms with van der Waals surface area (Å²) in [6, 6.07) is 5.05. The fraction of sp³-hybridized carbons (Fsp3) is 0.375. The zero-order valence-electron chi connectivity index (χ0n) is 13.6. The highest BCUT2D eigenvalue weighted by atomic mass is 19.3. The molecule has 1 atom stereocenters. The summed E-state index contributed by atoms with van der Waals surface area (Å²) in [6.07, 6.45) is 3.71. The van der Waals surface area contributed by atoms with Crippen molar-refractivity contribution in [3.8, 4) is 11.5 Å². The second-order valence-corrected chi connectivity index (χ2v) is 5.03. The van der Waals surface area contributed by atoms with E-state index in [-0.39, 0.29) is 23.4 Å². The monoisotopic (exact) mass is 339 g/mol. The zero-order valence-corrected chi connectivity index (χ0v) is 13.6. The van der Waals surface area contributed by atoms with E-state index in [1.54, 1.807) is 24.3 Å². The quantitative estimate of drug-likeness (QED) is 0.797. The number of hydrogen-bond acceptors (Lipinski definition) is 6. The molecule has 1 heterocycles. The number of likely N-dealkylation sites (N-methyl/N-ethyl adjacent to an activating group) is 1. The van der Waals surface area contributed by atoms with Crippen LogP contribution in [0.3, 0.4) is 0 Å². The van der Waals surface area contributed by atoms with E-state index >= 15 is 0 Å². The molecule has 0 aliphatic carbocycles. The van der Waals surface area contributed by atoms with Gasteiger partial charge >= 0.3 is 6.61 Å². The van der Waals surface area contributed by atoms with Crippen LogP contribution in [0.2, 0.25) is 0 Å². The van der Waals surface area contributed by atoms with Crippen molar-refractivity contribution < 1.29 is 22.8 Å². The first-order valence-corrected chi connectivity index (χ1v) is 7.33. The minimum atomic E-state index is -2.95. The van der Waals surface area contributed by atoms with E-state index < -0.39 is 6.61 Å². The van der Waals surface area contributed by atoms with Crippen LogP contribution in [0.25, 0.3) is 12.2 Å². The number of halogens is 2. The molecular formula is C16H19F2N3O3. The molecule has 0 aliphatic rings. The number of nitrogens with zero attached hydrogens (tertiary/aromatic N) is 2. The Kier molecular flexibility index (Phi) is 6.25. The van der Waals surface area contributed by atoms with Crippen LogP contribution in [0.5, 0.6) is 11.5 Å². The molecule has 0 saturated heterocycles. The second-order valence-electron chi connectivity index (χ2n) is 5.03. The van der Waals surface area contributed by atoms with Crippen LogP contribution >= 0.6 is 0 Å². The van der Waals surface area contributed by atoms with E-state index in [2.05, 4.69) is 20.2 Å². The Labute approximate surface area is 138 Å². The van der Waals surface area contributed by atoms with E-state index in [1.165, 1.54) is 13.2 Å². The third kappa shape index (κ3) is 4.76. The van der Waals surface area contributed by atoms with E-state index in [9.17, 15) is 8.78 Å². The smallest absolute Gasteiger partial charge is 0.387 e. The number of alkyl halides is 2. The van der Waals surface area contributed by atoms with Crippen LogP contribution in [0.15, 0.2) is 22.7 Å². The molecule has 2 rings (SSSR count). The van der Waals surface area contributed by atoms with Crippen molar-refractivity contribution in [2.75, 3.05) is 14.2 Å². The molecule has 0 radical (unpaired) electrons. The average Bonchev–Trinajstić information content (AvgIpc) is 3.00. The summed E-state index contributed by atoms with van der Waals surface area (Å²) in [4.78, 5) is 4.22. The lowest BCUT2D eigenvalue weighted by Gasteiger charge is -2.12. The average molecular weight is 339 g/mol. The molecule has 0 fully saturated rings. The number of rotatable bonds is 8. The van der Waals surface area contributed by atoms with Crippen molar-refractivity contribution in [1.29, 1.82) is 0 Å². The largest absolute Gasteiger partial charge is 0.493 e. The van der Waals surface area contributed by atoms with Gasteiger partial charge in [-0.2, -0.15) is 13.8 Å². The summed E-state index contributed by atoms with van der Waals surface area (Å²) in [5, 5.41) is 6.95. The molecule has 0 bridgehead atoms. The number of hydrogen-bond donors (Lipinski definition) is 1. The fourth-order valence-corrected chi connectivity index (χ4v) is 2.00. The van der Waals surface area contributed by atoms with Crippen molar-refractivity contribution in [1.82, 2.24) is 15.5 Å². The number of para-hydroxylation sites is 1. The minimum absolute atomic E-state index is 0.0465. The number of methoxy groups -OCH3 is 1. The highest BCUT2D eigenvalue weighted by Gasteiger charge is 2.14. The fourth-order valence-electron chi connectivity index (χ4n) is 2.00. The lowest BCUT2D eigenvalue weighted by Crippen LogP contribution is -2.24. The van der Waals surface area contributed by atoms with E-state index in [4.69, 9.17) is 9.26 Å². The molecule has 1 aromatic carbocycles. The summed E-state index contributed by atoms with van der Waals surface area (Å²) in [5.41, 5.74) is 0.415. The van der Waals surface area contributed by atoms with Gasteiger partial charge in [-0.05, 0) is 26.1 Å². The van der Waals surface area contributed by atoms with Gasteiger partial charge < -0.3 is 19.3 Å². The predicted octanol–water partition coefficient (Wildman–Crippen LogP) is 3.00. The summed E-state index contributed by atoms with van der Waals surface area (Å²) in [7, 11) is 3.23. The first-order valence-electron chi connectivity index (χ1n) is 7.33.